The zero-order valence-corrected chi connectivity index (χ0v) is 12.5. The quantitative estimate of drug-likeness (QED) is 0.910. The fraction of sp³-hybridized carbons (Fsp3) is 0.462. The number of sulfonamides is 1. The number of carbonyl (C=O) groups is 1. The van der Waals surface area contributed by atoms with Gasteiger partial charge in [-0.3, -0.25) is 4.79 Å². The zero-order chi connectivity index (χ0) is 14.8. The van der Waals surface area contributed by atoms with Crippen molar-refractivity contribution in [3.05, 3.63) is 29.3 Å². The molecule has 0 aliphatic heterocycles. The van der Waals surface area contributed by atoms with Crippen molar-refractivity contribution in [3.8, 4) is 0 Å². The number of nitrogens with two attached hydrogens (primary N) is 1. The van der Waals surface area contributed by atoms with Crippen LogP contribution < -0.4 is 5.14 Å². The smallest absolute Gasteiger partial charge is 0.255 e. The summed E-state index contributed by atoms with van der Waals surface area (Å²) in [6.45, 7) is 7.93. The van der Waals surface area contributed by atoms with E-state index in [-0.39, 0.29) is 22.4 Å². The predicted molar refractivity (Wildman–Crippen MR) is 74.4 cm³/mol. The van der Waals surface area contributed by atoms with E-state index in [2.05, 4.69) is 0 Å². The van der Waals surface area contributed by atoms with E-state index in [1.54, 1.807) is 24.0 Å². The van der Waals surface area contributed by atoms with Crippen LogP contribution in [-0.2, 0) is 10.0 Å². The van der Waals surface area contributed by atoms with Crippen LogP contribution in [0.15, 0.2) is 23.1 Å². The van der Waals surface area contributed by atoms with E-state index in [4.69, 9.17) is 5.14 Å². The van der Waals surface area contributed by atoms with Gasteiger partial charge in [0.25, 0.3) is 5.91 Å². The van der Waals surface area contributed by atoms with Gasteiger partial charge in [0.05, 0.1) is 10.5 Å². The molecule has 19 heavy (non-hydrogen) atoms. The van der Waals surface area contributed by atoms with E-state index in [1.807, 2.05) is 20.8 Å². The third kappa shape index (κ3) is 3.54. The molecule has 0 heterocycles. The second-order valence-corrected chi connectivity index (χ2v) is 6.26. The van der Waals surface area contributed by atoms with Gasteiger partial charge in [0.1, 0.15) is 0 Å². The first-order chi connectivity index (χ1) is 8.68. The first-order valence-corrected chi connectivity index (χ1v) is 7.67. The minimum Gasteiger partial charge on any atom is -0.336 e. The molecule has 1 rings (SSSR count). The molecule has 1 aromatic rings. The molecule has 0 saturated carbocycles. The van der Waals surface area contributed by atoms with E-state index < -0.39 is 10.0 Å². The van der Waals surface area contributed by atoms with Crippen molar-refractivity contribution in [2.45, 2.75) is 38.6 Å². The van der Waals surface area contributed by atoms with Crippen molar-refractivity contribution in [1.29, 1.82) is 0 Å². The molecule has 0 unspecified atom stereocenters. The fourth-order valence-electron chi connectivity index (χ4n) is 1.96. The Bertz CT molecular complexity index is 580. The van der Waals surface area contributed by atoms with Gasteiger partial charge in [0.15, 0.2) is 0 Å². The summed E-state index contributed by atoms with van der Waals surface area (Å²) >= 11 is 0. The average molecular weight is 284 g/mol. The highest BCUT2D eigenvalue weighted by Gasteiger charge is 2.24. The summed E-state index contributed by atoms with van der Waals surface area (Å²) in [7, 11) is -3.91. The molecule has 6 heteroatoms. The van der Waals surface area contributed by atoms with Crippen LogP contribution >= 0.6 is 0 Å². The monoisotopic (exact) mass is 284 g/mol. The van der Waals surface area contributed by atoms with Crippen LogP contribution in [0.4, 0.5) is 0 Å². The Morgan fingerprint density at radius 1 is 1.37 bits per heavy atom. The molecule has 0 aliphatic rings. The summed E-state index contributed by atoms with van der Waals surface area (Å²) in [5.74, 6) is -0.315. The summed E-state index contributed by atoms with van der Waals surface area (Å²) < 4.78 is 23.1. The van der Waals surface area contributed by atoms with Crippen molar-refractivity contribution in [2.24, 2.45) is 5.14 Å². The molecule has 0 saturated heterocycles. The van der Waals surface area contributed by atoms with E-state index in [1.165, 1.54) is 6.07 Å². The van der Waals surface area contributed by atoms with Gasteiger partial charge >= 0.3 is 0 Å². The molecule has 0 bridgehead atoms. The van der Waals surface area contributed by atoms with Crippen molar-refractivity contribution < 1.29 is 13.2 Å². The summed E-state index contributed by atoms with van der Waals surface area (Å²) in [6.07, 6.45) is 0. The standard InChI is InChI=1S/C13H20N2O3S/c1-5-15(9(2)3)13(16)11-8-10(4)6-7-12(11)19(14,17)18/h6-9H,5H2,1-4H3,(H2,14,17,18). The number of hydrogen-bond donors (Lipinski definition) is 1. The van der Waals surface area contributed by atoms with Gasteiger partial charge in [-0.2, -0.15) is 0 Å². The summed E-state index contributed by atoms with van der Waals surface area (Å²) in [6, 6.07) is 4.56. The molecule has 0 aliphatic carbocycles. The Morgan fingerprint density at radius 2 is 1.95 bits per heavy atom. The second kappa shape index (κ2) is 5.71. The lowest BCUT2D eigenvalue weighted by Crippen LogP contribution is -2.37. The first kappa shape index (κ1) is 15.7. The third-order valence-corrected chi connectivity index (χ3v) is 3.87. The van der Waals surface area contributed by atoms with Gasteiger partial charge in [-0.05, 0) is 39.8 Å². The minimum absolute atomic E-state index is 0.00802. The molecule has 0 spiro atoms. The van der Waals surface area contributed by atoms with Gasteiger partial charge < -0.3 is 4.90 Å². The van der Waals surface area contributed by atoms with Crippen LogP contribution in [0.1, 0.15) is 36.7 Å². The molecule has 106 valence electrons. The summed E-state index contributed by atoms with van der Waals surface area (Å²) in [5.41, 5.74) is 0.952. The molecular weight excluding hydrogens is 264 g/mol. The second-order valence-electron chi connectivity index (χ2n) is 4.73. The van der Waals surface area contributed by atoms with Gasteiger partial charge in [-0.1, -0.05) is 11.6 Å². The number of hydrogen-bond acceptors (Lipinski definition) is 3. The first-order valence-electron chi connectivity index (χ1n) is 6.13. The van der Waals surface area contributed by atoms with Crippen LogP contribution in [0.2, 0.25) is 0 Å². The lowest BCUT2D eigenvalue weighted by atomic mass is 10.1. The zero-order valence-electron chi connectivity index (χ0n) is 11.7. The van der Waals surface area contributed by atoms with Crippen LogP contribution in [0.3, 0.4) is 0 Å². The highest BCUT2D eigenvalue weighted by Crippen LogP contribution is 2.19. The minimum atomic E-state index is -3.91. The van der Waals surface area contributed by atoms with E-state index in [0.29, 0.717) is 6.54 Å². The van der Waals surface area contributed by atoms with Crippen LogP contribution in [0.5, 0.6) is 0 Å². The Labute approximate surface area is 114 Å². The molecule has 2 N–H and O–H groups in total. The van der Waals surface area contributed by atoms with Gasteiger partial charge in [-0.25, -0.2) is 13.6 Å². The fourth-order valence-corrected chi connectivity index (χ4v) is 2.67. The third-order valence-electron chi connectivity index (χ3n) is 2.90. The maximum atomic E-state index is 12.4. The number of primary sulfonamides is 1. The molecule has 0 atom stereocenters. The van der Waals surface area contributed by atoms with Gasteiger partial charge in [-0.15, -0.1) is 0 Å². The number of amides is 1. The van der Waals surface area contributed by atoms with E-state index >= 15 is 0 Å². The predicted octanol–water partition coefficient (Wildman–Crippen LogP) is 1.51. The van der Waals surface area contributed by atoms with Crippen molar-refractivity contribution in [3.63, 3.8) is 0 Å². The molecule has 0 aromatic heterocycles. The highest BCUT2D eigenvalue weighted by molar-refractivity contribution is 7.89. The van der Waals surface area contributed by atoms with Crippen molar-refractivity contribution >= 4 is 15.9 Å². The molecule has 1 aromatic carbocycles. The number of aryl methyl sites for hydroxylation is 1. The maximum Gasteiger partial charge on any atom is 0.255 e. The van der Waals surface area contributed by atoms with Crippen molar-refractivity contribution in [2.75, 3.05) is 6.54 Å². The van der Waals surface area contributed by atoms with Crippen LogP contribution in [0, 0.1) is 6.92 Å². The molecule has 1 amide bonds. The molecular formula is C13H20N2O3S. The maximum absolute atomic E-state index is 12.4. The SMILES string of the molecule is CCN(C(=O)c1cc(C)ccc1S(N)(=O)=O)C(C)C. The summed E-state index contributed by atoms with van der Waals surface area (Å²) in [5, 5.41) is 5.16. The van der Waals surface area contributed by atoms with Crippen LogP contribution in [0.25, 0.3) is 0 Å². The normalized spacial score (nSPS) is 11.7. The lowest BCUT2D eigenvalue weighted by molar-refractivity contribution is 0.0713. The largest absolute Gasteiger partial charge is 0.336 e. The Morgan fingerprint density at radius 3 is 2.37 bits per heavy atom. The Kier molecular flexibility index (Phi) is 4.70. The number of benzene rings is 1. The number of nitrogens with zero attached hydrogens (tertiary/aromatic N) is 1. The average Bonchev–Trinajstić information content (AvgIpc) is 2.27. The van der Waals surface area contributed by atoms with E-state index in [9.17, 15) is 13.2 Å². The highest BCUT2D eigenvalue weighted by atomic mass is 32.2. The Hall–Kier alpha value is -1.40. The Balaban J connectivity index is 3.41. The van der Waals surface area contributed by atoms with E-state index in [0.717, 1.165) is 5.56 Å². The lowest BCUT2D eigenvalue weighted by Gasteiger charge is -2.26. The van der Waals surface area contributed by atoms with Gasteiger partial charge in [0.2, 0.25) is 10.0 Å². The molecule has 0 radical (unpaired) electrons. The van der Waals surface area contributed by atoms with Crippen molar-refractivity contribution in [1.82, 2.24) is 4.90 Å². The molecule has 0 fully saturated rings. The molecule has 5 nitrogen and oxygen atoms in total. The topological polar surface area (TPSA) is 80.5 Å². The van der Waals surface area contributed by atoms with Crippen LogP contribution in [-0.4, -0.2) is 31.8 Å². The number of rotatable bonds is 4. The number of carbonyl (C=O) groups excluding carboxylic acids is 1. The van der Waals surface area contributed by atoms with Gasteiger partial charge in [0, 0.05) is 12.6 Å². The summed E-state index contributed by atoms with van der Waals surface area (Å²) in [4.78, 5) is 13.9.